The van der Waals surface area contributed by atoms with Gasteiger partial charge in [-0.25, -0.2) is 0 Å². The summed E-state index contributed by atoms with van der Waals surface area (Å²) < 4.78 is 16.5. The van der Waals surface area contributed by atoms with Crippen molar-refractivity contribution >= 4 is 0 Å². The predicted octanol–water partition coefficient (Wildman–Crippen LogP) is 2.56. The highest BCUT2D eigenvalue weighted by Crippen LogP contribution is 2.19. The van der Waals surface area contributed by atoms with Crippen molar-refractivity contribution in [2.75, 3.05) is 46.6 Å². The van der Waals surface area contributed by atoms with Crippen LogP contribution in [0.15, 0.2) is 42.5 Å². The molecule has 0 aliphatic heterocycles. The van der Waals surface area contributed by atoms with E-state index >= 15 is 0 Å². The van der Waals surface area contributed by atoms with E-state index in [-0.39, 0.29) is 13.2 Å². The zero-order valence-electron chi connectivity index (χ0n) is 17.6. The van der Waals surface area contributed by atoms with Crippen LogP contribution in [0, 0.1) is 13.8 Å². The van der Waals surface area contributed by atoms with E-state index in [1.54, 1.807) is 0 Å². The number of aliphatic hydroxyl groups excluding tert-OH is 2. The van der Waals surface area contributed by atoms with Crippen molar-refractivity contribution < 1.29 is 24.4 Å². The largest absolute Gasteiger partial charge is 0.491 e. The third-order valence-electron chi connectivity index (χ3n) is 4.39. The van der Waals surface area contributed by atoms with E-state index in [1.807, 2.05) is 57.3 Å². The van der Waals surface area contributed by atoms with Crippen LogP contribution in [0.4, 0.5) is 0 Å². The third-order valence-corrected chi connectivity index (χ3v) is 4.39. The van der Waals surface area contributed by atoms with Gasteiger partial charge in [-0.1, -0.05) is 29.8 Å². The molecule has 1 atom stereocenters. The predicted molar refractivity (Wildman–Crippen MR) is 114 cm³/mol. The molecule has 0 radical (unpaired) electrons. The molecule has 29 heavy (non-hydrogen) atoms. The highest BCUT2D eigenvalue weighted by atomic mass is 16.5. The molecule has 0 unspecified atom stereocenters. The van der Waals surface area contributed by atoms with Crippen LogP contribution >= 0.6 is 0 Å². The lowest BCUT2D eigenvalue weighted by molar-refractivity contribution is 0.0704. The molecule has 6 nitrogen and oxygen atoms in total. The summed E-state index contributed by atoms with van der Waals surface area (Å²) in [6.07, 6.45) is -0.567. The Hall–Kier alpha value is -2.12. The van der Waals surface area contributed by atoms with Crippen molar-refractivity contribution in [3.63, 3.8) is 0 Å². The molecule has 0 fully saturated rings. The van der Waals surface area contributed by atoms with E-state index in [9.17, 15) is 5.11 Å². The molecule has 6 heteroatoms. The molecule has 2 aromatic carbocycles. The van der Waals surface area contributed by atoms with Gasteiger partial charge in [0.25, 0.3) is 0 Å². The zero-order valence-corrected chi connectivity index (χ0v) is 17.6. The zero-order chi connectivity index (χ0) is 21.1. The molecule has 0 amide bonds. The van der Waals surface area contributed by atoms with Gasteiger partial charge >= 0.3 is 0 Å². The van der Waals surface area contributed by atoms with Crippen LogP contribution in [-0.4, -0.2) is 67.8 Å². The molecule has 0 saturated carbocycles. The van der Waals surface area contributed by atoms with Gasteiger partial charge in [-0.3, -0.25) is 4.90 Å². The fourth-order valence-electron chi connectivity index (χ4n) is 3.01. The van der Waals surface area contributed by atoms with Crippen molar-refractivity contribution in [3.8, 4) is 11.5 Å². The Labute approximate surface area is 173 Å². The summed E-state index contributed by atoms with van der Waals surface area (Å²) in [5, 5.41) is 18.9. The Morgan fingerprint density at radius 2 is 1.72 bits per heavy atom. The lowest BCUT2D eigenvalue weighted by atomic mass is 10.1. The molecule has 0 heterocycles. The van der Waals surface area contributed by atoms with Gasteiger partial charge in [0, 0.05) is 13.1 Å². The van der Waals surface area contributed by atoms with Crippen LogP contribution in [0.1, 0.15) is 16.7 Å². The van der Waals surface area contributed by atoms with Gasteiger partial charge in [0.2, 0.25) is 0 Å². The van der Waals surface area contributed by atoms with Gasteiger partial charge in [-0.15, -0.1) is 0 Å². The van der Waals surface area contributed by atoms with Gasteiger partial charge < -0.3 is 24.4 Å². The van der Waals surface area contributed by atoms with Gasteiger partial charge in [0.05, 0.1) is 19.8 Å². The van der Waals surface area contributed by atoms with Crippen LogP contribution in [-0.2, 0) is 11.3 Å². The van der Waals surface area contributed by atoms with Crippen LogP contribution in [0.2, 0.25) is 0 Å². The minimum absolute atomic E-state index is 0.0225. The first-order chi connectivity index (χ1) is 14.0. The van der Waals surface area contributed by atoms with E-state index in [1.165, 1.54) is 5.56 Å². The maximum Gasteiger partial charge on any atom is 0.122 e. The standard InChI is InChI=1S/C23H33NO5/c1-18-4-9-23(19(2)14-18)29-17-21(26)16-24(3)15-20-5-7-22(8-6-20)28-13-12-27-11-10-25/h4-9,14,21,25-26H,10-13,15-17H2,1-3H3/t21-/m0/s1. The first-order valence-corrected chi connectivity index (χ1v) is 9.95. The highest BCUT2D eigenvalue weighted by Gasteiger charge is 2.11. The SMILES string of the molecule is Cc1ccc(OC[C@@H](O)CN(C)Cc2ccc(OCCOCCO)cc2)c(C)c1. The van der Waals surface area contributed by atoms with Gasteiger partial charge in [0.1, 0.15) is 30.8 Å². The molecule has 0 aromatic heterocycles. The summed E-state index contributed by atoms with van der Waals surface area (Å²) >= 11 is 0. The van der Waals surface area contributed by atoms with Crippen molar-refractivity contribution in [3.05, 3.63) is 59.2 Å². The molecule has 0 aliphatic rings. The van der Waals surface area contributed by atoms with Crippen LogP contribution in [0.5, 0.6) is 11.5 Å². The maximum absolute atomic E-state index is 10.3. The van der Waals surface area contributed by atoms with Crippen molar-refractivity contribution in [2.24, 2.45) is 0 Å². The first kappa shape index (κ1) is 23.2. The second-order valence-corrected chi connectivity index (χ2v) is 7.26. The van der Waals surface area contributed by atoms with Crippen molar-refractivity contribution in [2.45, 2.75) is 26.5 Å². The normalized spacial score (nSPS) is 12.2. The number of hydrogen-bond acceptors (Lipinski definition) is 6. The summed E-state index contributed by atoms with van der Waals surface area (Å²) in [7, 11) is 1.98. The summed E-state index contributed by atoms with van der Waals surface area (Å²) in [5.41, 5.74) is 3.41. The fourth-order valence-corrected chi connectivity index (χ4v) is 3.01. The number of rotatable bonds is 13. The molecule has 2 rings (SSSR count). The van der Waals surface area contributed by atoms with E-state index in [0.29, 0.717) is 26.4 Å². The average molecular weight is 404 g/mol. The number of aryl methyl sites for hydroxylation is 2. The number of likely N-dealkylation sites (N-methyl/N-ethyl adjacent to an activating group) is 1. The van der Waals surface area contributed by atoms with Crippen LogP contribution < -0.4 is 9.47 Å². The van der Waals surface area contributed by atoms with Crippen molar-refractivity contribution in [1.82, 2.24) is 4.90 Å². The second kappa shape index (κ2) is 12.4. The quantitative estimate of drug-likeness (QED) is 0.501. The third kappa shape index (κ3) is 8.83. The molecular weight excluding hydrogens is 370 g/mol. The number of hydrogen-bond donors (Lipinski definition) is 2. The van der Waals surface area contributed by atoms with E-state index in [0.717, 1.165) is 29.2 Å². The Morgan fingerprint density at radius 3 is 2.41 bits per heavy atom. The Kier molecular flexibility index (Phi) is 9.94. The van der Waals surface area contributed by atoms with Crippen LogP contribution in [0.25, 0.3) is 0 Å². The Bertz CT molecular complexity index is 720. The first-order valence-electron chi connectivity index (χ1n) is 9.95. The fraction of sp³-hybridized carbons (Fsp3) is 0.478. The van der Waals surface area contributed by atoms with E-state index in [2.05, 4.69) is 11.0 Å². The molecule has 0 aliphatic carbocycles. The monoisotopic (exact) mass is 403 g/mol. The number of benzene rings is 2. The molecule has 2 aromatic rings. The number of nitrogens with zero attached hydrogens (tertiary/aromatic N) is 1. The van der Waals surface area contributed by atoms with E-state index < -0.39 is 6.10 Å². The Morgan fingerprint density at radius 1 is 0.966 bits per heavy atom. The van der Waals surface area contributed by atoms with Crippen LogP contribution in [0.3, 0.4) is 0 Å². The summed E-state index contributed by atoms with van der Waals surface area (Å²) in [6, 6.07) is 13.9. The average Bonchev–Trinajstić information content (AvgIpc) is 2.68. The maximum atomic E-state index is 10.3. The smallest absolute Gasteiger partial charge is 0.122 e. The minimum Gasteiger partial charge on any atom is -0.491 e. The second-order valence-electron chi connectivity index (χ2n) is 7.26. The molecule has 0 saturated heterocycles. The summed E-state index contributed by atoms with van der Waals surface area (Å²) in [6.45, 7) is 6.82. The van der Waals surface area contributed by atoms with E-state index in [4.69, 9.17) is 19.3 Å². The van der Waals surface area contributed by atoms with Gasteiger partial charge in [-0.2, -0.15) is 0 Å². The lowest BCUT2D eigenvalue weighted by Gasteiger charge is -2.21. The molecular formula is C23H33NO5. The molecule has 0 bridgehead atoms. The highest BCUT2D eigenvalue weighted by molar-refractivity contribution is 5.35. The summed E-state index contributed by atoms with van der Waals surface area (Å²) in [4.78, 5) is 2.06. The van der Waals surface area contributed by atoms with Gasteiger partial charge in [-0.05, 0) is 50.2 Å². The van der Waals surface area contributed by atoms with Crippen molar-refractivity contribution in [1.29, 1.82) is 0 Å². The lowest BCUT2D eigenvalue weighted by Crippen LogP contribution is -2.32. The summed E-state index contributed by atoms with van der Waals surface area (Å²) in [5.74, 6) is 1.60. The van der Waals surface area contributed by atoms with Gasteiger partial charge in [0.15, 0.2) is 0 Å². The molecule has 160 valence electrons. The number of ether oxygens (including phenoxy) is 3. The number of aliphatic hydroxyl groups is 2. The minimum atomic E-state index is -0.567. The Balaban J connectivity index is 1.70. The molecule has 2 N–H and O–H groups in total. The molecule has 0 spiro atoms. The topological polar surface area (TPSA) is 71.4 Å².